The van der Waals surface area contributed by atoms with E-state index in [-0.39, 0.29) is 35.5 Å². The van der Waals surface area contributed by atoms with Gasteiger partial charge >= 0.3 is 0 Å². The fourth-order valence-corrected chi connectivity index (χ4v) is 9.02. The second-order valence-electron chi connectivity index (χ2n) is 19.8. The van der Waals surface area contributed by atoms with E-state index in [0.717, 1.165) is 38.0 Å². The van der Waals surface area contributed by atoms with Crippen molar-refractivity contribution in [1.29, 1.82) is 0 Å². The fourth-order valence-electron chi connectivity index (χ4n) is 9.02. The molecule has 0 aromatic heterocycles. The number of carbonyl (C=O) groups is 3. The summed E-state index contributed by atoms with van der Waals surface area (Å²) in [6.07, 6.45) is 51.2. The zero-order valence-electron chi connectivity index (χ0n) is 41.3. The quantitative estimate of drug-likeness (QED) is 0.0422. The monoisotopic (exact) mass is 854 g/mol. The predicted molar refractivity (Wildman–Crippen MR) is 265 cm³/mol. The van der Waals surface area contributed by atoms with Gasteiger partial charge in [-0.2, -0.15) is 0 Å². The molecule has 1 aliphatic carbocycles. The number of unbranched alkanes of at least 4 members (excludes halogenated alkanes) is 24. The molecule has 0 saturated heterocycles. The number of nitrogens with one attached hydrogen (secondary N) is 3. The van der Waals surface area contributed by atoms with E-state index in [9.17, 15) is 14.4 Å². The Morgan fingerprint density at radius 1 is 0.393 bits per heavy atom. The Balaban J connectivity index is 2.40. The van der Waals surface area contributed by atoms with Crippen LogP contribution in [0.15, 0.2) is 24.3 Å². The molecule has 3 amide bonds. The summed E-state index contributed by atoms with van der Waals surface area (Å²) in [5, 5.41) is 9.59. The van der Waals surface area contributed by atoms with Gasteiger partial charge in [0, 0.05) is 37.4 Å². The molecule has 6 heteroatoms. The van der Waals surface area contributed by atoms with Crippen LogP contribution in [-0.2, 0) is 14.4 Å². The van der Waals surface area contributed by atoms with Gasteiger partial charge in [-0.25, -0.2) is 0 Å². The summed E-state index contributed by atoms with van der Waals surface area (Å²) in [5.41, 5.74) is 0. The Hall–Kier alpha value is -2.11. The molecular weight excluding hydrogens is 751 g/mol. The molecule has 1 aliphatic rings. The summed E-state index contributed by atoms with van der Waals surface area (Å²) in [5.74, 6) is 0.478. The summed E-state index contributed by atoms with van der Waals surface area (Å²) in [4.78, 5) is 40.5. The van der Waals surface area contributed by atoms with Crippen LogP contribution in [-0.4, -0.2) is 37.4 Å². The molecule has 0 aliphatic heterocycles. The van der Waals surface area contributed by atoms with Gasteiger partial charge in [0.05, 0.1) is 0 Å². The van der Waals surface area contributed by atoms with Crippen molar-refractivity contribution in [2.45, 2.75) is 259 Å². The lowest BCUT2D eigenvalue weighted by atomic mass is 9.74. The normalized spacial score (nSPS) is 17.4. The Labute approximate surface area is 379 Å². The minimum atomic E-state index is -0.299. The van der Waals surface area contributed by atoms with Crippen molar-refractivity contribution in [3.63, 3.8) is 0 Å². The van der Waals surface area contributed by atoms with Gasteiger partial charge in [0.2, 0.25) is 17.7 Å². The Bertz CT molecular complexity index is 1020. The predicted octanol–water partition coefficient (Wildman–Crippen LogP) is 15.3. The smallest absolute Gasteiger partial charge is 0.223 e. The van der Waals surface area contributed by atoms with E-state index in [1.165, 1.54) is 173 Å². The average molecular weight is 854 g/mol. The van der Waals surface area contributed by atoms with Crippen molar-refractivity contribution in [2.75, 3.05) is 19.6 Å². The molecule has 1 saturated carbocycles. The molecule has 1 unspecified atom stereocenters. The summed E-state index contributed by atoms with van der Waals surface area (Å²) < 4.78 is 0. The first kappa shape index (κ1) is 56.9. The van der Waals surface area contributed by atoms with Gasteiger partial charge < -0.3 is 16.0 Å². The van der Waals surface area contributed by atoms with Gasteiger partial charge in [-0.05, 0) is 102 Å². The lowest BCUT2D eigenvalue weighted by Gasteiger charge is -2.33. The number of rotatable bonds is 42. The van der Waals surface area contributed by atoms with Gasteiger partial charge in [0.25, 0.3) is 0 Å². The maximum absolute atomic E-state index is 13.5. The van der Waals surface area contributed by atoms with E-state index in [4.69, 9.17) is 0 Å². The van der Waals surface area contributed by atoms with E-state index in [0.29, 0.717) is 44.8 Å². The molecule has 1 fully saturated rings. The van der Waals surface area contributed by atoms with Crippen LogP contribution in [0.2, 0.25) is 0 Å². The molecule has 61 heavy (non-hydrogen) atoms. The van der Waals surface area contributed by atoms with Crippen molar-refractivity contribution >= 4 is 17.7 Å². The lowest BCUT2D eigenvalue weighted by molar-refractivity contribution is -0.134. The Morgan fingerprint density at radius 3 is 1.05 bits per heavy atom. The van der Waals surface area contributed by atoms with Crippen molar-refractivity contribution in [3.8, 4) is 0 Å². The summed E-state index contributed by atoms with van der Waals surface area (Å²) >= 11 is 0. The Morgan fingerprint density at radius 2 is 0.705 bits per heavy atom. The van der Waals surface area contributed by atoms with Crippen LogP contribution < -0.4 is 16.0 Å². The highest BCUT2D eigenvalue weighted by molar-refractivity contribution is 5.86. The zero-order valence-corrected chi connectivity index (χ0v) is 41.3. The van der Waals surface area contributed by atoms with Crippen LogP contribution in [0.4, 0.5) is 0 Å². The number of amides is 3. The van der Waals surface area contributed by atoms with Gasteiger partial charge in [-0.15, -0.1) is 0 Å². The highest BCUT2D eigenvalue weighted by Crippen LogP contribution is 2.34. The van der Waals surface area contributed by atoms with E-state index >= 15 is 0 Å². The third-order valence-corrected chi connectivity index (χ3v) is 13.2. The number of hydrogen-bond acceptors (Lipinski definition) is 3. The number of hydrogen-bond donors (Lipinski definition) is 3. The molecule has 0 aromatic carbocycles. The van der Waals surface area contributed by atoms with Crippen LogP contribution in [0.1, 0.15) is 259 Å². The van der Waals surface area contributed by atoms with E-state index < -0.39 is 0 Å². The minimum absolute atomic E-state index is 0.0197. The van der Waals surface area contributed by atoms with Gasteiger partial charge in [-0.1, -0.05) is 194 Å². The van der Waals surface area contributed by atoms with Crippen molar-refractivity contribution in [2.24, 2.45) is 29.6 Å². The second kappa shape index (κ2) is 41.9. The van der Waals surface area contributed by atoms with Crippen LogP contribution in [0.3, 0.4) is 0 Å². The number of carbonyl (C=O) groups excluding carboxylic acids is 3. The van der Waals surface area contributed by atoms with E-state index in [1.54, 1.807) is 0 Å². The highest BCUT2D eigenvalue weighted by Gasteiger charge is 2.38. The summed E-state index contributed by atoms with van der Waals surface area (Å²) in [6, 6.07) is 0. The molecule has 0 aromatic rings. The molecule has 0 bridgehead atoms. The Kier molecular flexibility index (Phi) is 39.1. The topological polar surface area (TPSA) is 87.3 Å². The van der Waals surface area contributed by atoms with Crippen LogP contribution >= 0.6 is 0 Å². The molecule has 3 N–H and O–H groups in total. The molecule has 0 heterocycles. The van der Waals surface area contributed by atoms with Crippen molar-refractivity contribution in [3.05, 3.63) is 24.3 Å². The molecule has 6 nitrogen and oxygen atoms in total. The van der Waals surface area contributed by atoms with Crippen molar-refractivity contribution < 1.29 is 14.4 Å². The largest absolute Gasteiger partial charge is 0.356 e. The molecule has 0 radical (unpaired) electrons. The van der Waals surface area contributed by atoms with E-state index in [1.807, 2.05) is 0 Å². The van der Waals surface area contributed by atoms with E-state index in [2.05, 4.69) is 74.9 Å². The maximum atomic E-state index is 13.5. The van der Waals surface area contributed by atoms with Gasteiger partial charge in [0.15, 0.2) is 0 Å². The third kappa shape index (κ3) is 35.0. The average Bonchev–Trinajstić information content (AvgIpc) is 3.25. The van der Waals surface area contributed by atoms with Gasteiger partial charge in [-0.3, -0.25) is 14.4 Å². The SMILES string of the molecule is CCCCCCCC/C=C\CCCCCCCCNC(=O)[C@@H]1C[C@H](C(=O)NCCCCCCCC/C=C\CCCCCCCC)C[C@H](C(=O)NCCC(C)CCCC(C)C)C1. The molecule has 4 atom stereocenters. The standard InChI is InChI=1S/C55H103N3O3/c1-6-8-10-12-14-16-18-20-22-24-26-28-30-32-34-36-42-56-53(59)50-45-51(47-52(46-50)55(61)58-44-41-49(5)40-38-39-48(3)4)54(60)57-43-37-35-33-31-29-27-25-23-21-19-17-15-13-11-9-7-2/h20-23,48-52H,6-19,24-47H2,1-5H3,(H,56,59)(H,57,60)(H,58,61)/b22-20-,23-21-/t49?,50-,51+,52-. The zero-order chi connectivity index (χ0) is 44.4. The van der Waals surface area contributed by atoms with Gasteiger partial charge in [0.1, 0.15) is 0 Å². The van der Waals surface area contributed by atoms with Crippen LogP contribution in [0.25, 0.3) is 0 Å². The van der Waals surface area contributed by atoms with Crippen LogP contribution in [0, 0.1) is 29.6 Å². The fraction of sp³-hybridized carbons (Fsp3) is 0.873. The first-order chi connectivity index (χ1) is 29.8. The summed E-state index contributed by atoms with van der Waals surface area (Å²) in [6.45, 7) is 13.4. The molecule has 356 valence electrons. The first-order valence-electron chi connectivity index (χ1n) is 26.9. The summed E-state index contributed by atoms with van der Waals surface area (Å²) in [7, 11) is 0. The number of allylic oxidation sites excluding steroid dienone is 4. The van der Waals surface area contributed by atoms with Crippen LogP contribution in [0.5, 0.6) is 0 Å². The minimum Gasteiger partial charge on any atom is -0.356 e. The lowest BCUT2D eigenvalue weighted by Crippen LogP contribution is -2.45. The molecule has 1 rings (SSSR count). The second-order valence-corrected chi connectivity index (χ2v) is 19.8. The van der Waals surface area contributed by atoms with Crippen molar-refractivity contribution in [1.82, 2.24) is 16.0 Å². The molecular formula is C55H103N3O3. The molecule has 0 spiro atoms. The maximum Gasteiger partial charge on any atom is 0.223 e. The third-order valence-electron chi connectivity index (χ3n) is 13.2. The highest BCUT2D eigenvalue weighted by atomic mass is 16.2. The first-order valence-corrected chi connectivity index (χ1v) is 26.9.